The van der Waals surface area contributed by atoms with E-state index in [0.717, 1.165) is 12.1 Å². The largest absolute Gasteiger partial charge is 0.484 e. The number of carbonyl (C=O) groups excluding carboxylic acids is 2. The first kappa shape index (κ1) is 14.8. The van der Waals surface area contributed by atoms with Crippen molar-refractivity contribution < 1.29 is 24.2 Å². The molecule has 1 saturated heterocycles. The van der Waals surface area contributed by atoms with E-state index in [1.54, 1.807) is 29.2 Å². The van der Waals surface area contributed by atoms with Gasteiger partial charge < -0.3 is 20.1 Å². The van der Waals surface area contributed by atoms with Crippen LogP contribution in [0, 0.1) is 0 Å². The fourth-order valence-corrected chi connectivity index (χ4v) is 2.04. The number of nitrogens with zero attached hydrogens (tertiary/aromatic N) is 1. The fourth-order valence-electron chi connectivity index (χ4n) is 2.04. The summed E-state index contributed by atoms with van der Waals surface area (Å²) in [6, 6.07) is 6.91. The second kappa shape index (κ2) is 6.74. The van der Waals surface area contributed by atoms with Crippen molar-refractivity contribution in [2.24, 2.45) is 0 Å². The lowest BCUT2D eigenvalue weighted by Crippen LogP contribution is -2.33. The van der Waals surface area contributed by atoms with Crippen LogP contribution in [0.15, 0.2) is 24.3 Å². The van der Waals surface area contributed by atoms with E-state index in [1.807, 2.05) is 0 Å². The number of hydrogen-bond donors (Lipinski definition) is 2. The molecule has 112 valence electrons. The Morgan fingerprint density at radius 3 is 2.86 bits per heavy atom. The van der Waals surface area contributed by atoms with Gasteiger partial charge in [-0.15, -0.1) is 0 Å². The molecule has 1 aromatic carbocycles. The van der Waals surface area contributed by atoms with E-state index in [1.165, 1.54) is 0 Å². The topological polar surface area (TPSA) is 95.9 Å². The van der Waals surface area contributed by atoms with Crippen LogP contribution in [0.5, 0.6) is 5.75 Å². The second-order valence-electron chi connectivity index (χ2n) is 4.61. The van der Waals surface area contributed by atoms with E-state index in [-0.39, 0.29) is 12.5 Å². The van der Waals surface area contributed by atoms with Crippen LogP contribution >= 0.6 is 0 Å². The van der Waals surface area contributed by atoms with Crippen LogP contribution in [0.1, 0.15) is 12.8 Å². The molecule has 2 N–H and O–H groups in total. The Morgan fingerprint density at radius 2 is 2.19 bits per heavy atom. The number of carboxylic acids is 1. The van der Waals surface area contributed by atoms with Crippen molar-refractivity contribution in [2.45, 2.75) is 12.8 Å². The molecule has 1 aliphatic heterocycles. The summed E-state index contributed by atoms with van der Waals surface area (Å²) in [4.78, 5) is 35.0. The van der Waals surface area contributed by atoms with Gasteiger partial charge in [-0.3, -0.25) is 14.4 Å². The molecule has 0 unspecified atom stereocenters. The number of hydrogen-bond acceptors (Lipinski definition) is 4. The van der Waals surface area contributed by atoms with Crippen molar-refractivity contribution >= 4 is 23.5 Å². The van der Waals surface area contributed by atoms with Crippen molar-refractivity contribution in [3.8, 4) is 5.75 Å². The number of ether oxygens (including phenoxy) is 1. The maximum absolute atomic E-state index is 11.7. The van der Waals surface area contributed by atoms with Crippen LogP contribution in [0.3, 0.4) is 0 Å². The van der Waals surface area contributed by atoms with Crippen LogP contribution in [-0.2, 0) is 14.4 Å². The fraction of sp³-hybridized carbons (Fsp3) is 0.357. The molecule has 2 rings (SSSR count). The van der Waals surface area contributed by atoms with Gasteiger partial charge in [0, 0.05) is 24.7 Å². The Bertz CT molecular complexity index is 558. The summed E-state index contributed by atoms with van der Waals surface area (Å²) in [5.74, 6) is -1.10. The molecule has 1 aromatic rings. The molecule has 7 nitrogen and oxygen atoms in total. The van der Waals surface area contributed by atoms with Crippen LogP contribution in [-0.4, -0.2) is 42.6 Å². The molecule has 0 aromatic heterocycles. The van der Waals surface area contributed by atoms with Crippen LogP contribution in [0.2, 0.25) is 0 Å². The van der Waals surface area contributed by atoms with E-state index >= 15 is 0 Å². The third kappa shape index (κ3) is 4.20. The van der Waals surface area contributed by atoms with Gasteiger partial charge in [0.25, 0.3) is 5.91 Å². The van der Waals surface area contributed by atoms with Crippen molar-refractivity contribution in [3.63, 3.8) is 0 Å². The average Bonchev–Trinajstić information content (AvgIpc) is 2.89. The zero-order valence-electron chi connectivity index (χ0n) is 11.4. The normalized spacial score (nSPS) is 14.1. The number of carboxylic acid groups (broad SMARTS) is 1. The summed E-state index contributed by atoms with van der Waals surface area (Å²) in [6.45, 7) is -0.0312. The van der Waals surface area contributed by atoms with E-state index in [0.29, 0.717) is 18.7 Å². The molecule has 1 aliphatic rings. The number of carbonyl (C=O) groups is 3. The van der Waals surface area contributed by atoms with Gasteiger partial charge in [-0.25, -0.2) is 0 Å². The van der Waals surface area contributed by atoms with E-state index in [2.05, 4.69) is 5.32 Å². The van der Waals surface area contributed by atoms with Gasteiger partial charge in [-0.05, 0) is 18.6 Å². The third-order valence-corrected chi connectivity index (χ3v) is 3.01. The third-order valence-electron chi connectivity index (χ3n) is 3.01. The van der Waals surface area contributed by atoms with Gasteiger partial charge in [0.1, 0.15) is 12.3 Å². The molecule has 2 amide bonds. The Kier molecular flexibility index (Phi) is 4.76. The molecular formula is C14H16N2O5. The summed E-state index contributed by atoms with van der Waals surface area (Å²) in [7, 11) is 0. The minimum Gasteiger partial charge on any atom is -0.484 e. The summed E-state index contributed by atoms with van der Waals surface area (Å²) < 4.78 is 5.29. The molecule has 0 atom stereocenters. The van der Waals surface area contributed by atoms with Gasteiger partial charge in [-0.1, -0.05) is 6.07 Å². The van der Waals surface area contributed by atoms with E-state index in [9.17, 15) is 14.4 Å². The number of rotatable bonds is 6. The van der Waals surface area contributed by atoms with Gasteiger partial charge in [0.15, 0.2) is 6.61 Å². The van der Waals surface area contributed by atoms with Crippen molar-refractivity contribution in [3.05, 3.63) is 24.3 Å². The lowest BCUT2D eigenvalue weighted by atomic mass is 10.3. The maximum atomic E-state index is 11.7. The van der Waals surface area contributed by atoms with Gasteiger partial charge in [-0.2, -0.15) is 0 Å². The van der Waals surface area contributed by atoms with Gasteiger partial charge >= 0.3 is 5.97 Å². The molecule has 0 spiro atoms. The Labute approximate surface area is 121 Å². The molecule has 1 fully saturated rings. The standard InChI is InChI=1S/C14H16N2O5/c17-12(15-8-14(19)20)9-21-11-4-1-3-10(7-11)16-6-2-5-13(16)18/h1,3-4,7H,2,5-6,8-9H2,(H,15,17)(H,19,20). The lowest BCUT2D eigenvalue weighted by Gasteiger charge is -2.16. The average molecular weight is 292 g/mol. The molecule has 0 radical (unpaired) electrons. The number of aliphatic carboxylic acids is 1. The van der Waals surface area contributed by atoms with Crippen molar-refractivity contribution in [1.29, 1.82) is 0 Å². The molecular weight excluding hydrogens is 276 g/mol. The number of benzene rings is 1. The van der Waals surface area contributed by atoms with Crippen LogP contribution in [0.25, 0.3) is 0 Å². The zero-order valence-corrected chi connectivity index (χ0v) is 11.4. The SMILES string of the molecule is O=C(O)CNC(=O)COc1cccc(N2CCCC2=O)c1. The molecule has 0 bridgehead atoms. The van der Waals surface area contributed by atoms with E-state index in [4.69, 9.17) is 9.84 Å². The molecule has 1 heterocycles. The van der Waals surface area contributed by atoms with Crippen LogP contribution in [0.4, 0.5) is 5.69 Å². The summed E-state index contributed by atoms with van der Waals surface area (Å²) in [5, 5.41) is 10.6. The maximum Gasteiger partial charge on any atom is 0.322 e. The zero-order chi connectivity index (χ0) is 15.2. The minimum atomic E-state index is -1.11. The predicted octanol–water partition coefficient (Wildman–Crippen LogP) is 0.393. The molecule has 7 heteroatoms. The number of nitrogens with one attached hydrogen (secondary N) is 1. The molecule has 0 saturated carbocycles. The highest BCUT2D eigenvalue weighted by molar-refractivity contribution is 5.95. The second-order valence-corrected chi connectivity index (χ2v) is 4.61. The Hall–Kier alpha value is -2.57. The Balaban J connectivity index is 1.90. The number of amides is 2. The lowest BCUT2D eigenvalue weighted by molar-refractivity contribution is -0.138. The van der Waals surface area contributed by atoms with Crippen LogP contribution < -0.4 is 15.0 Å². The first-order valence-corrected chi connectivity index (χ1v) is 6.58. The van der Waals surface area contributed by atoms with E-state index < -0.39 is 18.4 Å². The van der Waals surface area contributed by atoms with Gasteiger partial charge in [0.2, 0.25) is 5.91 Å². The molecule has 21 heavy (non-hydrogen) atoms. The quantitative estimate of drug-likeness (QED) is 0.791. The number of anilines is 1. The van der Waals surface area contributed by atoms with Crippen molar-refractivity contribution in [2.75, 3.05) is 24.6 Å². The van der Waals surface area contributed by atoms with Crippen molar-refractivity contribution in [1.82, 2.24) is 5.32 Å². The monoisotopic (exact) mass is 292 g/mol. The first-order chi connectivity index (χ1) is 10.1. The Morgan fingerprint density at radius 1 is 1.38 bits per heavy atom. The highest BCUT2D eigenvalue weighted by Gasteiger charge is 2.21. The highest BCUT2D eigenvalue weighted by atomic mass is 16.5. The van der Waals surface area contributed by atoms with Gasteiger partial charge in [0.05, 0.1) is 0 Å². The minimum absolute atomic E-state index is 0.0753. The first-order valence-electron chi connectivity index (χ1n) is 6.58. The summed E-state index contributed by atoms with van der Waals surface area (Å²) >= 11 is 0. The smallest absolute Gasteiger partial charge is 0.322 e. The predicted molar refractivity (Wildman–Crippen MR) is 74.2 cm³/mol. The summed E-state index contributed by atoms with van der Waals surface area (Å²) in [5.41, 5.74) is 0.737. The highest BCUT2D eigenvalue weighted by Crippen LogP contribution is 2.25. The molecule has 0 aliphatic carbocycles. The summed E-state index contributed by atoms with van der Waals surface area (Å²) in [6.07, 6.45) is 1.38.